The molecule has 1 saturated heterocycles. The van der Waals surface area contributed by atoms with Crippen molar-refractivity contribution in [3.63, 3.8) is 0 Å². The van der Waals surface area contributed by atoms with E-state index in [0.717, 1.165) is 65.1 Å². The van der Waals surface area contributed by atoms with Gasteiger partial charge in [-0.25, -0.2) is 9.97 Å². The summed E-state index contributed by atoms with van der Waals surface area (Å²) < 4.78 is 11.5. The van der Waals surface area contributed by atoms with Gasteiger partial charge in [0.2, 0.25) is 5.89 Å². The van der Waals surface area contributed by atoms with Gasteiger partial charge in [-0.2, -0.15) is 0 Å². The van der Waals surface area contributed by atoms with Crippen LogP contribution in [0.4, 0.5) is 5.69 Å². The van der Waals surface area contributed by atoms with Gasteiger partial charge in [0.1, 0.15) is 10.7 Å². The van der Waals surface area contributed by atoms with Gasteiger partial charge in [0.25, 0.3) is 0 Å². The summed E-state index contributed by atoms with van der Waals surface area (Å²) in [6.07, 6.45) is 3.52. The van der Waals surface area contributed by atoms with Gasteiger partial charge < -0.3 is 14.1 Å². The van der Waals surface area contributed by atoms with Crippen molar-refractivity contribution in [2.24, 2.45) is 0 Å². The van der Waals surface area contributed by atoms with Crippen molar-refractivity contribution in [3.8, 4) is 11.5 Å². The van der Waals surface area contributed by atoms with Crippen LogP contribution in [0.2, 0.25) is 5.15 Å². The van der Waals surface area contributed by atoms with Crippen LogP contribution in [0.3, 0.4) is 0 Å². The predicted octanol–water partition coefficient (Wildman–Crippen LogP) is 4.24. The maximum absolute atomic E-state index is 6.12. The molecule has 0 radical (unpaired) electrons. The summed E-state index contributed by atoms with van der Waals surface area (Å²) in [4.78, 5) is 15.7. The van der Waals surface area contributed by atoms with Crippen molar-refractivity contribution in [1.82, 2.24) is 15.0 Å². The molecule has 0 amide bonds. The number of pyridine rings is 2. The molecule has 7 heteroatoms. The molecule has 3 aromatic heterocycles. The fraction of sp³-hybridized carbons (Fsp3) is 0.250. The van der Waals surface area contributed by atoms with Gasteiger partial charge in [-0.15, -0.1) is 0 Å². The molecule has 27 heavy (non-hydrogen) atoms. The number of fused-ring (bicyclic) bond motifs is 2. The number of anilines is 1. The molecule has 0 N–H and O–H groups in total. The van der Waals surface area contributed by atoms with E-state index in [1.807, 2.05) is 19.1 Å². The highest BCUT2D eigenvalue weighted by atomic mass is 35.5. The molecule has 6 nitrogen and oxygen atoms in total. The number of morpholine rings is 1. The largest absolute Gasteiger partial charge is 0.436 e. The molecule has 1 aliphatic heterocycles. The molecule has 136 valence electrons. The number of aryl methyl sites for hydroxylation is 1. The van der Waals surface area contributed by atoms with Crippen LogP contribution in [0, 0.1) is 6.92 Å². The first-order chi connectivity index (χ1) is 13.2. The summed E-state index contributed by atoms with van der Waals surface area (Å²) in [5.74, 6) is 0.531. The third-order valence-electron chi connectivity index (χ3n) is 4.92. The Morgan fingerprint density at radius 3 is 2.74 bits per heavy atom. The minimum atomic E-state index is 0.431. The summed E-state index contributed by atoms with van der Waals surface area (Å²) in [5.41, 5.74) is 4.40. The van der Waals surface area contributed by atoms with Crippen LogP contribution >= 0.6 is 11.6 Å². The third-order valence-corrected chi connectivity index (χ3v) is 5.12. The molecule has 0 unspecified atom stereocenters. The van der Waals surface area contributed by atoms with Crippen LogP contribution in [-0.4, -0.2) is 41.3 Å². The monoisotopic (exact) mass is 380 g/mol. The lowest BCUT2D eigenvalue weighted by atomic mass is 10.1. The van der Waals surface area contributed by atoms with Gasteiger partial charge in [-0.3, -0.25) is 4.98 Å². The molecule has 1 fully saturated rings. The highest BCUT2D eigenvalue weighted by Gasteiger charge is 2.16. The summed E-state index contributed by atoms with van der Waals surface area (Å²) in [7, 11) is 0. The van der Waals surface area contributed by atoms with E-state index < -0.39 is 0 Å². The average Bonchev–Trinajstić information content (AvgIpc) is 3.11. The molecular weight excluding hydrogens is 364 g/mol. The smallest absolute Gasteiger partial charge is 0.229 e. The van der Waals surface area contributed by atoms with Gasteiger partial charge in [-0.1, -0.05) is 11.6 Å². The molecule has 5 rings (SSSR count). The molecule has 4 aromatic rings. The Morgan fingerprint density at radius 1 is 1.04 bits per heavy atom. The minimum Gasteiger partial charge on any atom is -0.436 e. The number of oxazole rings is 1. The van der Waals surface area contributed by atoms with Gasteiger partial charge in [0.15, 0.2) is 5.58 Å². The van der Waals surface area contributed by atoms with E-state index in [4.69, 9.17) is 25.7 Å². The lowest BCUT2D eigenvalue weighted by Gasteiger charge is -2.28. The number of hydrogen-bond donors (Lipinski definition) is 0. The van der Waals surface area contributed by atoms with Crippen LogP contribution in [-0.2, 0) is 4.74 Å². The Bertz CT molecular complexity index is 1150. The van der Waals surface area contributed by atoms with Crippen molar-refractivity contribution in [2.45, 2.75) is 6.92 Å². The Labute approximate surface area is 160 Å². The first-order valence-electron chi connectivity index (χ1n) is 8.83. The standard InChI is InChI=1S/C20H17ClN4O2/c1-12-15-10-23-19(21)9-14(15)16(11-22-12)20-24-17-8-13(2-3-18(17)27-20)25-4-6-26-7-5-25/h2-3,8-11H,4-7H2,1H3. The van der Waals surface area contributed by atoms with E-state index in [1.54, 1.807) is 12.4 Å². The molecule has 0 saturated carbocycles. The molecular formula is C20H17ClN4O2. The zero-order valence-electron chi connectivity index (χ0n) is 14.8. The second-order valence-electron chi connectivity index (χ2n) is 6.58. The molecule has 1 aliphatic rings. The van der Waals surface area contributed by atoms with Crippen molar-refractivity contribution in [3.05, 3.63) is 47.5 Å². The zero-order chi connectivity index (χ0) is 18.4. The van der Waals surface area contributed by atoms with E-state index in [9.17, 15) is 0 Å². The predicted molar refractivity (Wildman–Crippen MR) is 105 cm³/mol. The fourth-order valence-corrected chi connectivity index (χ4v) is 3.62. The van der Waals surface area contributed by atoms with Gasteiger partial charge in [0, 0.05) is 47.6 Å². The summed E-state index contributed by atoms with van der Waals surface area (Å²) in [5, 5.41) is 2.30. The number of aromatic nitrogens is 3. The molecule has 1 aromatic carbocycles. The Balaban J connectivity index is 1.62. The highest BCUT2D eigenvalue weighted by Crippen LogP contribution is 2.33. The lowest BCUT2D eigenvalue weighted by molar-refractivity contribution is 0.122. The maximum atomic E-state index is 6.12. The molecule has 0 bridgehead atoms. The van der Waals surface area contributed by atoms with E-state index >= 15 is 0 Å². The normalized spacial score (nSPS) is 15.0. The van der Waals surface area contributed by atoms with E-state index in [-0.39, 0.29) is 0 Å². The van der Waals surface area contributed by atoms with Gasteiger partial charge in [0.05, 0.1) is 18.8 Å². The highest BCUT2D eigenvalue weighted by molar-refractivity contribution is 6.30. The number of nitrogens with zero attached hydrogens (tertiary/aromatic N) is 4. The Morgan fingerprint density at radius 2 is 1.89 bits per heavy atom. The third kappa shape index (κ3) is 2.91. The van der Waals surface area contributed by atoms with Crippen molar-refractivity contribution >= 4 is 39.2 Å². The number of halogens is 1. The van der Waals surface area contributed by atoms with Crippen LogP contribution in [0.1, 0.15) is 5.69 Å². The second kappa shape index (κ2) is 6.48. The fourth-order valence-electron chi connectivity index (χ4n) is 3.46. The van der Waals surface area contributed by atoms with Crippen LogP contribution in [0.15, 0.2) is 41.1 Å². The minimum absolute atomic E-state index is 0.431. The van der Waals surface area contributed by atoms with E-state index in [1.165, 1.54) is 0 Å². The van der Waals surface area contributed by atoms with E-state index in [0.29, 0.717) is 11.0 Å². The van der Waals surface area contributed by atoms with Crippen LogP contribution < -0.4 is 4.90 Å². The quantitative estimate of drug-likeness (QED) is 0.485. The van der Waals surface area contributed by atoms with Gasteiger partial charge in [-0.05, 0) is 31.2 Å². The van der Waals surface area contributed by atoms with Crippen molar-refractivity contribution in [1.29, 1.82) is 0 Å². The van der Waals surface area contributed by atoms with Crippen LogP contribution in [0.25, 0.3) is 33.3 Å². The average molecular weight is 381 g/mol. The molecule has 0 aliphatic carbocycles. The Kier molecular flexibility index (Phi) is 3.95. The number of hydrogen-bond acceptors (Lipinski definition) is 6. The Hall–Kier alpha value is -2.70. The maximum Gasteiger partial charge on any atom is 0.229 e. The van der Waals surface area contributed by atoms with Crippen molar-refractivity contribution in [2.75, 3.05) is 31.2 Å². The van der Waals surface area contributed by atoms with E-state index in [2.05, 4.69) is 27.0 Å². The van der Waals surface area contributed by atoms with Gasteiger partial charge >= 0.3 is 0 Å². The van der Waals surface area contributed by atoms with Crippen LogP contribution in [0.5, 0.6) is 0 Å². The zero-order valence-corrected chi connectivity index (χ0v) is 15.5. The lowest BCUT2D eigenvalue weighted by Crippen LogP contribution is -2.36. The van der Waals surface area contributed by atoms with Crippen molar-refractivity contribution < 1.29 is 9.15 Å². The topological polar surface area (TPSA) is 64.3 Å². The summed E-state index contributed by atoms with van der Waals surface area (Å²) >= 11 is 6.12. The summed E-state index contributed by atoms with van der Waals surface area (Å²) in [6.45, 7) is 5.21. The number of benzene rings is 1. The SMILES string of the molecule is Cc1ncc(-c2nc3cc(N4CCOCC4)ccc3o2)c2cc(Cl)ncc12. The summed E-state index contributed by atoms with van der Waals surface area (Å²) in [6, 6.07) is 7.92. The number of ether oxygens (including phenoxy) is 1. The molecule has 0 spiro atoms. The number of rotatable bonds is 2. The molecule has 0 atom stereocenters. The first kappa shape index (κ1) is 16.5. The molecule has 4 heterocycles. The first-order valence-corrected chi connectivity index (χ1v) is 9.21. The second-order valence-corrected chi connectivity index (χ2v) is 6.97.